The Labute approximate surface area is 81.0 Å². The van der Waals surface area contributed by atoms with Gasteiger partial charge in [0.05, 0.1) is 7.11 Å². The molecule has 0 aliphatic carbocycles. The number of methoxy groups -OCH3 is 1. The van der Waals surface area contributed by atoms with Crippen LogP contribution in [0.25, 0.3) is 0 Å². The number of carbonyl (C=O) groups excluding carboxylic acids is 1. The number of nitrogens with one attached hydrogen (secondary N) is 1. The summed E-state index contributed by atoms with van der Waals surface area (Å²) in [5.74, 6) is -0.348. The predicted molar refractivity (Wildman–Crippen MR) is 52.3 cm³/mol. The van der Waals surface area contributed by atoms with Crippen LogP contribution >= 0.6 is 11.3 Å². The molecule has 13 heavy (non-hydrogen) atoms. The van der Waals surface area contributed by atoms with Crippen molar-refractivity contribution in [3.05, 3.63) is 34.7 Å². The van der Waals surface area contributed by atoms with E-state index in [1.807, 2.05) is 17.5 Å². The first-order valence-corrected chi connectivity index (χ1v) is 4.71. The van der Waals surface area contributed by atoms with Gasteiger partial charge in [-0.25, -0.2) is 4.79 Å². The Bertz CT molecular complexity index is 280. The van der Waals surface area contributed by atoms with Gasteiger partial charge < -0.3 is 10.1 Å². The summed E-state index contributed by atoms with van der Waals surface area (Å²) in [4.78, 5) is 11.9. The zero-order valence-electron chi connectivity index (χ0n) is 7.32. The van der Waals surface area contributed by atoms with Crippen LogP contribution in [0.5, 0.6) is 0 Å². The molecule has 1 aromatic rings. The molecule has 0 atom stereocenters. The summed E-state index contributed by atoms with van der Waals surface area (Å²) >= 11 is 1.67. The molecule has 4 heteroatoms. The zero-order valence-corrected chi connectivity index (χ0v) is 8.14. The third-order valence-electron chi connectivity index (χ3n) is 1.39. The van der Waals surface area contributed by atoms with Crippen LogP contribution in [0.4, 0.5) is 0 Å². The van der Waals surface area contributed by atoms with E-state index in [1.165, 1.54) is 18.1 Å². The van der Waals surface area contributed by atoms with Crippen molar-refractivity contribution in [2.24, 2.45) is 0 Å². The van der Waals surface area contributed by atoms with Gasteiger partial charge in [0.2, 0.25) is 0 Å². The van der Waals surface area contributed by atoms with Crippen LogP contribution in [-0.2, 0) is 16.1 Å². The van der Waals surface area contributed by atoms with Gasteiger partial charge in [0, 0.05) is 23.7 Å². The van der Waals surface area contributed by atoms with Crippen LogP contribution < -0.4 is 5.32 Å². The van der Waals surface area contributed by atoms with Crippen LogP contribution in [0, 0.1) is 0 Å². The van der Waals surface area contributed by atoms with Gasteiger partial charge in [-0.1, -0.05) is 6.07 Å². The van der Waals surface area contributed by atoms with Gasteiger partial charge in [0.15, 0.2) is 0 Å². The summed E-state index contributed by atoms with van der Waals surface area (Å²) in [6.07, 6.45) is 2.94. The van der Waals surface area contributed by atoms with Gasteiger partial charge in [-0.05, 0) is 11.4 Å². The molecule has 0 amide bonds. The molecule has 1 aromatic heterocycles. The minimum Gasteiger partial charge on any atom is -0.466 e. The zero-order chi connectivity index (χ0) is 9.52. The summed E-state index contributed by atoms with van der Waals surface area (Å²) in [7, 11) is 1.35. The summed E-state index contributed by atoms with van der Waals surface area (Å²) in [5, 5.41) is 5.00. The Hall–Kier alpha value is -1.29. The minimum absolute atomic E-state index is 0.348. The molecule has 0 saturated carbocycles. The lowest BCUT2D eigenvalue weighted by Crippen LogP contribution is -2.04. The second-order valence-electron chi connectivity index (χ2n) is 2.32. The Morgan fingerprint density at radius 3 is 3.23 bits per heavy atom. The van der Waals surface area contributed by atoms with Gasteiger partial charge in [-0.3, -0.25) is 0 Å². The first-order valence-electron chi connectivity index (χ1n) is 3.83. The van der Waals surface area contributed by atoms with E-state index >= 15 is 0 Å². The second-order valence-corrected chi connectivity index (χ2v) is 3.35. The fourth-order valence-corrected chi connectivity index (χ4v) is 1.42. The van der Waals surface area contributed by atoms with Crippen molar-refractivity contribution in [3.8, 4) is 0 Å². The van der Waals surface area contributed by atoms with Crippen molar-refractivity contribution >= 4 is 17.3 Å². The van der Waals surface area contributed by atoms with Crippen molar-refractivity contribution in [3.63, 3.8) is 0 Å². The Morgan fingerprint density at radius 1 is 1.77 bits per heavy atom. The third kappa shape index (κ3) is 3.75. The fourth-order valence-electron chi connectivity index (χ4n) is 0.768. The summed E-state index contributed by atoms with van der Waals surface area (Å²) in [5.41, 5.74) is 0. The lowest BCUT2D eigenvalue weighted by atomic mass is 10.4. The normalized spacial score (nSPS) is 10.2. The van der Waals surface area contributed by atoms with E-state index in [1.54, 1.807) is 17.5 Å². The molecule has 1 heterocycles. The van der Waals surface area contributed by atoms with Crippen molar-refractivity contribution < 1.29 is 9.53 Å². The molecule has 3 nitrogen and oxygen atoms in total. The first kappa shape index (κ1) is 9.80. The maximum atomic E-state index is 10.6. The number of thiophene rings is 1. The number of carbonyl (C=O) groups is 1. The molecule has 0 aliphatic rings. The lowest BCUT2D eigenvalue weighted by molar-refractivity contribution is -0.134. The SMILES string of the molecule is COC(=O)/C=C/NCc1cccs1. The van der Waals surface area contributed by atoms with Gasteiger partial charge >= 0.3 is 5.97 Å². The maximum absolute atomic E-state index is 10.6. The highest BCUT2D eigenvalue weighted by molar-refractivity contribution is 7.09. The maximum Gasteiger partial charge on any atom is 0.331 e. The largest absolute Gasteiger partial charge is 0.466 e. The van der Waals surface area contributed by atoms with E-state index in [2.05, 4.69) is 10.1 Å². The summed E-state index contributed by atoms with van der Waals surface area (Å²) < 4.78 is 4.42. The Kier molecular flexibility index (Phi) is 4.05. The van der Waals surface area contributed by atoms with Gasteiger partial charge in [-0.15, -0.1) is 11.3 Å². The van der Waals surface area contributed by atoms with Crippen LogP contribution in [-0.4, -0.2) is 13.1 Å². The first-order chi connectivity index (χ1) is 6.33. The highest BCUT2D eigenvalue weighted by atomic mass is 32.1. The van der Waals surface area contributed by atoms with Crippen LogP contribution in [0.2, 0.25) is 0 Å². The number of ether oxygens (including phenoxy) is 1. The Morgan fingerprint density at radius 2 is 2.62 bits per heavy atom. The van der Waals surface area contributed by atoms with Crippen molar-refractivity contribution in [1.82, 2.24) is 5.32 Å². The minimum atomic E-state index is -0.348. The molecule has 0 aliphatic heterocycles. The number of rotatable bonds is 4. The van der Waals surface area contributed by atoms with Gasteiger partial charge in [0.1, 0.15) is 0 Å². The van der Waals surface area contributed by atoms with E-state index in [9.17, 15) is 4.79 Å². The predicted octanol–water partition coefficient (Wildman–Crippen LogP) is 1.52. The second kappa shape index (κ2) is 5.37. The molecule has 70 valence electrons. The quantitative estimate of drug-likeness (QED) is 0.587. The molecule has 0 unspecified atom stereocenters. The van der Waals surface area contributed by atoms with Crippen LogP contribution in [0.15, 0.2) is 29.8 Å². The van der Waals surface area contributed by atoms with Crippen molar-refractivity contribution in [2.45, 2.75) is 6.54 Å². The molecule has 0 bridgehead atoms. The smallest absolute Gasteiger partial charge is 0.331 e. The summed E-state index contributed by atoms with van der Waals surface area (Å²) in [6.45, 7) is 0.741. The van der Waals surface area contributed by atoms with E-state index < -0.39 is 0 Å². The molecule has 0 spiro atoms. The summed E-state index contributed by atoms with van der Waals surface area (Å²) in [6, 6.07) is 4.02. The van der Waals surface area contributed by atoms with E-state index in [0.29, 0.717) is 0 Å². The fraction of sp³-hybridized carbons (Fsp3) is 0.222. The van der Waals surface area contributed by atoms with Gasteiger partial charge in [0.25, 0.3) is 0 Å². The highest BCUT2D eigenvalue weighted by Gasteiger charge is 1.91. The molecule has 0 aromatic carbocycles. The highest BCUT2D eigenvalue weighted by Crippen LogP contribution is 2.06. The van der Waals surface area contributed by atoms with E-state index in [-0.39, 0.29) is 5.97 Å². The topological polar surface area (TPSA) is 38.3 Å². The molecule has 1 N–H and O–H groups in total. The van der Waals surface area contributed by atoms with Crippen molar-refractivity contribution in [2.75, 3.05) is 7.11 Å². The van der Waals surface area contributed by atoms with Crippen LogP contribution in [0.1, 0.15) is 4.88 Å². The van der Waals surface area contributed by atoms with E-state index in [0.717, 1.165) is 6.54 Å². The lowest BCUT2D eigenvalue weighted by Gasteiger charge is -1.95. The standard InChI is InChI=1S/C9H11NO2S/c1-12-9(11)4-5-10-7-8-3-2-6-13-8/h2-6,10H,7H2,1H3/b5-4+. The van der Waals surface area contributed by atoms with Gasteiger partial charge in [-0.2, -0.15) is 0 Å². The average molecular weight is 197 g/mol. The van der Waals surface area contributed by atoms with E-state index in [4.69, 9.17) is 0 Å². The Balaban J connectivity index is 2.21. The molecular formula is C9H11NO2S. The molecule has 0 saturated heterocycles. The number of hydrogen-bond donors (Lipinski definition) is 1. The number of hydrogen-bond acceptors (Lipinski definition) is 4. The molecule has 0 radical (unpaired) electrons. The molecule has 1 rings (SSSR count). The van der Waals surface area contributed by atoms with Crippen molar-refractivity contribution in [1.29, 1.82) is 0 Å². The number of esters is 1. The average Bonchev–Trinajstić information content (AvgIpc) is 2.64. The third-order valence-corrected chi connectivity index (χ3v) is 2.27. The molecular weight excluding hydrogens is 186 g/mol. The molecule has 0 fully saturated rings. The van der Waals surface area contributed by atoms with Crippen LogP contribution in [0.3, 0.4) is 0 Å². The monoisotopic (exact) mass is 197 g/mol.